The summed E-state index contributed by atoms with van der Waals surface area (Å²) in [6.07, 6.45) is 2.44. The Morgan fingerprint density at radius 3 is 1.52 bits per heavy atom. The molecule has 1 atom stereocenters. The Morgan fingerprint density at radius 2 is 1.03 bits per heavy atom. The van der Waals surface area contributed by atoms with Crippen LogP contribution < -0.4 is 10.6 Å². The number of ether oxygens (including phenoxy) is 7. The molecule has 346 valence electrons. The molecule has 4 aromatic carbocycles. The van der Waals surface area contributed by atoms with Crippen LogP contribution in [0.25, 0.3) is 0 Å². The number of anilines is 1. The summed E-state index contributed by atoms with van der Waals surface area (Å²) in [4.78, 5) is 63.7. The molecule has 0 aromatic heterocycles. The molecule has 0 aliphatic carbocycles. The first kappa shape index (κ1) is 48.8. The summed E-state index contributed by atoms with van der Waals surface area (Å²) in [7, 11) is 0. The number of amides is 5. The fourth-order valence-electron chi connectivity index (χ4n) is 7.72. The lowest BCUT2D eigenvalue weighted by Gasteiger charge is -2.36. The minimum atomic E-state index is -1.08. The number of imide groups is 2. The van der Waals surface area contributed by atoms with Gasteiger partial charge in [-0.05, 0) is 48.1 Å². The van der Waals surface area contributed by atoms with Crippen molar-refractivity contribution in [1.29, 1.82) is 0 Å². The monoisotopic (exact) mass is 893 g/mol. The standard InChI is InChI=1S/C50H59N3O12/c54-44(51-42-21-13-20-41-46(42)49(58)53(48(41)57)43-23-24-45(55)52-47(43)56)22-11-4-12-25-59-26-27-60-28-29-61-30-31-62-32-33-63-34-35-64-36-37-65-50(38-14-5-1-6-15-38,39-16-7-2-8-17-39)40-18-9-3-10-19-40/h1-3,5-10,13-21,43H,4,11-12,22-37H2,(H,51,54)(H,52,55,56). The maximum absolute atomic E-state index is 13.2. The highest BCUT2D eigenvalue weighted by Crippen LogP contribution is 2.40. The van der Waals surface area contributed by atoms with Crippen molar-refractivity contribution in [3.05, 3.63) is 137 Å². The molecule has 65 heavy (non-hydrogen) atoms. The lowest BCUT2D eigenvalue weighted by molar-refractivity contribution is -0.136. The van der Waals surface area contributed by atoms with Gasteiger partial charge in [0, 0.05) is 19.4 Å². The van der Waals surface area contributed by atoms with E-state index in [2.05, 4.69) is 47.0 Å². The van der Waals surface area contributed by atoms with Crippen molar-refractivity contribution in [2.24, 2.45) is 0 Å². The van der Waals surface area contributed by atoms with Crippen LogP contribution in [0.2, 0.25) is 0 Å². The summed E-state index contributed by atoms with van der Waals surface area (Å²) < 4.78 is 40.6. The molecule has 1 unspecified atom stereocenters. The minimum Gasteiger partial charge on any atom is -0.379 e. The van der Waals surface area contributed by atoms with E-state index in [9.17, 15) is 24.0 Å². The number of fused-ring (bicyclic) bond motifs is 1. The summed E-state index contributed by atoms with van der Waals surface area (Å²) in [6, 6.07) is 34.3. The van der Waals surface area contributed by atoms with Gasteiger partial charge in [0.25, 0.3) is 11.8 Å². The van der Waals surface area contributed by atoms with Crippen LogP contribution in [0.15, 0.2) is 109 Å². The first-order chi connectivity index (χ1) is 31.9. The van der Waals surface area contributed by atoms with Crippen LogP contribution in [0, 0.1) is 0 Å². The number of carbonyl (C=O) groups is 5. The van der Waals surface area contributed by atoms with E-state index in [4.69, 9.17) is 33.2 Å². The summed E-state index contributed by atoms with van der Waals surface area (Å²) in [5.74, 6) is -2.72. The Bertz CT molecular complexity index is 2030. The molecule has 1 fully saturated rings. The van der Waals surface area contributed by atoms with Crippen LogP contribution in [-0.2, 0) is 53.1 Å². The number of carbonyl (C=O) groups excluding carboxylic acids is 5. The van der Waals surface area contributed by atoms with E-state index in [0.717, 1.165) is 34.4 Å². The first-order valence-corrected chi connectivity index (χ1v) is 22.3. The molecule has 15 heteroatoms. The van der Waals surface area contributed by atoms with E-state index < -0.39 is 35.3 Å². The van der Waals surface area contributed by atoms with Crippen LogP contribution in [0.5, 0.6) is 0 Å². The SMILES string of the molecule is O=C1CCC(N2C(=O)c3cccc(NC(=O)CCCCCOCCOCCOCCOCCOCCOCCOC(c4ccccc4)(c4ccccc4)c4ccccc4)c3C2=O)C(=O)N1. The molecule has 2 aliphatic rings. The fraction of sp³-hybridized carbons (Fsp3) is 0.420. The Hall–Kier alpha value is -5.65. The maximum Gasteiger partial charge on any atom is 0.264 e. The van der Waals surface area contributed by atoms with Gasteiger partial charge in [-0.15, -0.1) is 0 Å². The van der Waals surface area contributed by atoms with Crippen molar-refractivity contribution >= 4 is 35.2 Å². The number of nitrogens with one attached hydrogen (secondary N) is 2. The highest BCUT2D eigenvalue weighted by atomic mass is 16.6. The third-order valence-corrected chi connectivity index (χ3v) is 10.9. The van der Waals surface area contributed by atoms with Gasteiger partial charge in [0.05, 0.1) is 96.1 Å². The highest BCUT2D eigenvalue weighted by molar-refractivity contribution is 6.26. The van der Waals surface area contributed by atoms with Gasteiger partial charge in [-0.2, -0.15) is 0 Å². The van der Waals surface area contributed by atoms with E-state index in [0.29, 0.717) is 92.3 Å². The molecular weight excluding hydrogens is 835 g/mol. The predicted molar refractivity (Wildman–Crippen MR) is 240 cm³/mol. The van der Waals surface area contributed by atoms with Crippen LogP contribution in [-0.4, -0.2) is 126 Å². The van der Waals surface area contributed by atoms with Gasteiger partial charge in [-0.25, -0.2) is 0 Å². The number of hydrogen-bond donors (Lipinski definition) is 2. The number of unbranched alkanes of at least 4 members (excludes halogenated alkanes) is 2. The Morgan fingerprint density at radius 1 is 0.554 bits per heavy atom. The van der Waals surface area contributed by atoms with Gasteiger partial charge in [-0.3, -0.25) is 34.2 Å². The largest absolute Gasteiger partial charge is 0.379 e. The molecular formula is C50H59N3O12. The first-order valence-electron chi connectivity index (χ1n) is 22.3. The molecule has 2 heterocycles. The second-order valence-corrected chi connectivity index (χ2v) is 15.3. The van der Waals surface area contributed by atoms with Crippen LogP contribution in [0.1, 0.15) is 75.9 Å². The highest BCUT2D eigenvalue weighted by Gasteiger charge is 2.46. The van der Waals surface area contributed by atoms with Gasteiger partial charge in [0.2, 0.25) is 17.7 Å². The van der Waals surface area contributed by atoms with Gasteiger partial charge < -0.3 is 38.5 Å². The van der Waals surface area contributed by atoms with Crippen LogP contribution in [0.3, 0.4) is 0 Å². The van der Waals surface area contributed by atoms with Crippen molar-refractivity contribution in [2.45, 2.75) is 50.2 Å². The number of hydrogen-bond acceptors (Lipinski definition) is 12. The van der Waals surface area contributed by atoms with Gasteiger partial charge in [-0.1, -0.05) is 103 Å². The molecule has 0 spiro atoms. The zero-order chi connectivity index (χ0) is 45.5. The van der Waals surface area contributed by atoms with E-state index in [1.807, 2.05) is 54.6 Å². The van der Waals surface area contributed by atoms with Crippen molar-refractivity contribution in [2.75, 3.05) is 91.2 Å². The molecule has 4 aromatic rings. The van der Waals surface area contributed by atoms with Crippen LogP contribution in [0.4, 0.5) is 5.69 Å². The molecule has 2 N–H and O–H groups in total. The van der Waals surface area contributed by atoms with E-state index in [1.165, 1.54) is 6.07 Å². The Balaban J connectivity index is 0.715. The molecule has 15 nitrogen and oxygen atoms in total. The zero-order valence-corrected chi connectivity index (χ0v) is 36.8. The predicted octanol–water partition coefficient (Wildman–Crippen LogP) is 5.70. The number of piperidine rings is 1. The summed E-state index contributed by atoms with van der Waals surface area (Å²) in [5, 5.41) is 4.92. The quantitative estimate of drug-likeness (QED) is 0.0372. The van der Waals surface area contributed by atoms with Crippen molar-refractivity contribution in [3.8, 4) is 0 Å². The summed E-state index contributed by atoms with van der Waals surface area (Å²) >= 11 is 0. The fourth-order valence-corrected chi connectivity index (χ4v) is 7.72. The van der Waals surface area contributed by atoms with E-state index in [-0.39, 0.29) is 42.0 Å². The molecule has 0 saturated carbocycles. The maximum atomic E-state index is 13.2. The van der Waals surface area contributed by atoms with Gasteiger partial charge in [0.15, 0.2) is 0 Å². The normalized spacial score (nSPS) is 15.0. The smallest absolute Gasteiger partial charge is 0.264 e. The number of nitrogens with zero attached hydrogens (tertiary/aromatic N) is 1. The Labute approximate surface area is 380 Å². The van der Waals surface area contributed by atoms with Crippen molar-refractivity contribution < 1.29 is 57.1 Å². The molecule has 2 aliphatic heterocycles. The third-order valence-electron chi connectivity index (χ3n) is 10.9. The lowest BCUT2D eigenvalue weighted by Crippen LogP contribution is -2.54. The average molecular weight is 894 g/mol. The second-order valence-electron chi connectivity index (χ2n) is 15.3. The van der Waals surface area contributed by atoms with Crippen LogP contribution >= 0.6 is 0 Å². The summed E-state index contributed by atoms with van der Waals surface area (Å²) in [6.45, 7) is 5.83. The lowest BCUT2D eigenvalue weighted by atomic mass is 9.80. The average Bonchev–Trinajstić information content (AvgIpc) is 3.58. The van der Waals surface area contributed by atoms with Gasteiger partial charge >= 0.3 is 0 Å². The van der Waals surface area contributed by atoms with Gasteiger partial charge in [0.1, 0.15) is 11.6 Å². The van der Waals surface area contributed by atoms with Crippen molar-refractivity contribution in [3.63, 3.8) is 0 Å². The summed E-state index contributed by atoms with van der Waals surface area (Å²) in [5.41, 5.74) is 2.76. The molecule has 1 saturated heterocycles. The third kappa shape index (κ3) is 13.9. The van der Waals surface area contributed by atoms with E-state index in [1.54, 1.807) is 12.1 Å². The Kier molecular flexibility index (Phi) is 19.8. The molecule has 5 amide bonds. The molecule has 0 bridgehead atoms. The zero-order valence-electron chi connectivity index (χ0n) is 36.8. The minimum absolute atomic E-state index is 0.0273. The molecule has 6 rings (SSSR count). The van der Waals surface area contributed by atoms with E-state index >= 15 is 0 Å². The number of benzene rings is 4. The second kappa shape index (κ2) is 26.3. The number of rotatable bonds is 30. The van der Waals surface area contributed by atoms with Crippen molar-refractivity contribution in [1.82, 2.24) is 10.2 Å². The topological polar surface area (TPSA) is 177 Å². The molecule has 0 radical (unpaired) electrons.